The molecule has 0 radical (unpaired) electrons. The van der Waals surface area contributed by atoms with Crippen LogP contribution in [0.5, 0.6) is 0 Å². The largest absolute Gasteiger partial charge is 0.417 e. The Labute approximate surface area is 113 Å². The van der Waals surface area contributed by atoms with Crippen molar-refractivity contribution in [2.45, 2.75) is 38.8 Å². The first-order chi connectivity index (χ1) is 8.36. The Morgan fingerprint density at radius 3 is 2.50 bits per heavy atom. The van der Waals surface area contributed by atoms with Crippen LogP contribution in [0.15, 0.2) is 22.7 Å². The molecule has 0 unspecified atom stereocenters. The molecule has 0 saturated heterocycles. The van der Waals surface area contributed by atoms with Crippen molar-refractivity contribution in [1.82, 2.24) is 0 Å². The van der Waals surface area contributed by atoms with Gasteiger partial charge in [0.2, 0.25) is 0 Å². The lowest BCUT2D eigenvalue weighted by molar-refractivity contribution is -0.138. The normalized spacial score (nSPS) is 11.6. The van der Waals surface area contributed by atoms with Gasteiger partial charge in [-0.1, -0.05) is 41.8 Å². The summed E-state index contributed by atoms with van der Waals surface area (Å²) in [5.74, 6) is -0.235. The summed E-state index contributed by atoms with van der Waals surface area (Å²) < 4.78 is 37.9. The van der Waals surface area contributed by atoms with Crippen LogP contribution in [0.2, 0.25) is 0 Å². The fourth-order valence-corrected chi connectivity index (χ4v) is 2.07. The Balaban J connectivity index is 2.88. The third kappa shape index (κ3) is 4.12. The van der Waals surface area contributed by atoms with E-state index in [-0.39, 0.29) is 15.8 Å². The van der Waals surface area contributed by atoms with Crippen LogP contribution in [0.4, 0.5) is 13.2 Å². The summed E-state index contributed by atoms with van der Waals surface area (Å²) in [4.78, 5) is 11.7. The summed E-state index contributed by atoms with van der Waals surface area (Å²) in [7, 11) is 0. The van der Waals surface area contributed by atoms with E-state index >= 15 is 0 Å². The van der Waals surface area contributed by atoms with Crippen molar-refractivity contribution in [1.29, 1.82) is 0 Å². The maximum absolute atomic E-state index is 12.7. The number of unbranched alkanes of at least 4 members (excludes halogenated alkanes) is 2. The Kier molecular flexibility index (Phi) is 5.38. The van der Waals surface area contributed by atoms with E-state index in [9.17, 15) is 18.0 Å². The molecule has 100 valence electrons. The van der Waals surface area contributed by atoms with Gasteiger partial charge in [0.1, 0.15) is 0 Å². The molecule has 0 aliphatic heterocycles. The van der Waals surface area contributed by atoms with Gasteiger partial charge >= 0.3 is 6.18 Å². The van der Waals surface area contributed by atoms with Gasteiger partial charge in [0.15, 0.2) is 5.78 Å². The minimum Gasteiger partial charge on any atom is -0.294 e. The number of Topliss-reactive ketones (excluding diaryl/α,β-unsaturated/α-hetero) is 1. The van der Waals surface area contributed by atoms with Crippen molar-refractivity contribution in [3.05, 3.63) is 33.8 Å². The number of halogens is 4. The SMILES string of the molecule is CCCCCC(=O)c1ccc(Br)c(C(F)(F)F)c1. The van der Waals surface area contributed by atoms with Crippen LogP contribution in [-0.2, 0) is 6.18 Å². The first kappa shape index (κ1) is 15.2. The minimum atomic E-state index is -4.45. The summed E-state index contributed by atoms with van der Waals surface area (Å²) in [6, 6.07) is 3.61. The van der Waals surface area contributed by atoms with E-state index in [0.29, 0.717) is 12.8 Å². The summed E-state index contributed by atoms with van der Waals surface area (Å²) in [5.41, 5.74) is -0.675. The van der Waals surface area contributed by atoms with Gasteiger partial charge in [0.05, 0.1) is 5.56 Å². The third-order valence-electron chi connectivity index (χ3n) is 2.60. The highest BCUT2D eigenvalue weighted by molar-refractivity contribution is 9.10. The van der Waals surface area contributed by atoms with Gasteiger partial charge in [0.25, 0.3) is 0 Å². The molecule has 18 heavy (non-hydrogen) atoms. The molecule has 0 amide bonds. The molecular weight excluding hydrogens is 309 g/mol. The second kappa shape index (κ2) is 6.36. The molecule has 0 aromatic heterocycles. The maximum atomic E-state index is 12.7. The third-order valence-corrected chi connectivity index (χ3v) is 3.29. The molecule has 0 bridgehead atoms. The van der Waals surface area contributed by atoms with Crippen LogP contribution < -0.4 is 0 Å². The van der Waals surface area contributed by atoms with E-state index in [1.54, 1.807) is 0 Å². The highest BCUT2D eigenvalue weighted by Crippen LogP contribution is 2.35. The molecule has 1 aromatic rings. The van der Waals surface area contributed by atoms with Crippen molar-refractivity contribution in [3.63, 3.8) is 0 Å². The number of hydrogen-bond donors (Lipinski definition) is 0. The predicted octanol–water partition coefficient (Wildman–Crippen LogP) is 5.23. The lowest BCUT2D eigenvalue weighted by Gasteiger charge is -2.10. The van der Waals surface area contributed by atoms with Crippen molar-refractivity contribution in [2.24, 2.45) is 0 Å². The number of benzene rings is 1. The summed E-state index contributed by atoms with van der Waals surface area (Å²) in [6.07, 6.45) is -1.55. The molecule has 0 N–H and O–H groups in total. The number of carbonyl (C=O) groups excluding carboxylic acids is 1. The quantitative estimate of drug-likeness (QED) is 0.535. The van der Waals surface area contributed by atoms with Crippen molar-refractivity contribution >= 4 is 21.7 Å². The highest BCUT2D eigenvalue weighted by atomic mass is 79.9. The molecule has 0 saturated carbocycles. The highest BCUT2D eigenvalue weighted by Gasteiger charge is 2.33. The molecule has 0 aliphatic carbocycles. The lowest BCUT2D eigenvalue weighted by atomic mass is 10.0. The second-order valence-electron chi connectivity index (χ2n) is 4.07. The summed E-state index contributed by atoms with van der Waals surface area (Å²) in [5, 5.41) is 0. The Hall–Kier alpha value is -0.840. The van der Waals surface area contributed by atoms with Gasteiger partial charge < -0.3 is 0 Å². The summed E-state index contributed by atoms with van der Waals surface area (Å²) >= 11 is 2.85. The maximum Gasteiger partial charge on any atom is 0.417 e. The summed E-state index contributed by atoms with van der Waals surface area (Å²) in [6.45, 7) is 2.01. The average Bonchev–Trinajstić information content (AvgIpc) is 2.28. The van der Waals surface area contributed by atoms with Gasteiger partial charge in [-0.25, -0.2) is 0 Å². The second-order valence-corrected chi connectivity index (χ2v) is 4.93. The van der Waals surface area contributed by atoms with Gasteiger partial charge in [-0.3, -0.25) is 4.79 Å². The molecule has 0 fully saturated rings. The van der Waals surface area contributed by atoms with Gasteiger partial charge in [-0.15, -0.1) is 0 Å². The van der Waals surface area contributed by atoms with Crippen LogP contribution in [0, 0.1) is 0 Å². The fourth-order valence-electron chi connectivity index (χ4n) is 1.60. The molecule has 0 spiro atoms. The van der Waals surface area contributed by atoms with Crippen LogP contribution in [0.3, 0.4) is 0 Å². The zero-order valence-electron chi connectivity index (χ0n) is 9.98. The van der Waals surface area contributed by atoms with Crippen LogP contribution in [0.1, 0.15) is 48.5 Å². The molecule has 1 aromatic carbocycles. The van der Waals surface area contributed by atoms with E-state index < -0.39 is 11.7 Å². The van der Waals surface area contributed by atoms with Gasteiger partial charge in [-0.05, 0) is 18.6 Å². The topological polar surface area (TPSA) is 17.1 Å². The van der Waals surface area contributed by atoms with Gasteiger partial charge in [0, 0.05) is 16.5 Å². The molecule has 0 atom stereocenters. The molecular formula is C13H14BrF3O. The zero-order valence-corrected chi connectivity index (χ0v) is 11.6. The first-order valence-electron chi connectivity index (χ1n) is 5.76. The van der Waals surface area contributed by atoms with Crippen LogP contribution in [-0.4, -0.2) is 5.78 Å². The van der Waals surface area contributed by atoms with Crippen molar-refractivity contribution in [2.75, 3.05) is 0 Å². The molecule has 1 nitrogen and oxygen atoms in total. The monoisotopic (exact) mass is 322 g/mol. The number of carbonyl (C=O) groups is 1. The first-order valence-corrected chi connectivity index (χ1v) is 6.55. The van der Waals surface area contributed by atoms with E-state index in [1.807, 2.05) is 6.92 Å². The number of ketones is 1. The average molecular weight is 323 g/mol. The van der Waals surface area contributed by atoms with Gasteiger partial charge in [-0.2, -0.15) is 13.2 Å². The Bertz CT molecular complexity index is 427. The van der Waals surface area contributed by atoms with Crippen molar-refractivity contribution < 1.29 is 18.0 Å². The number of hydrogen-bond acceptors (Lipinski definition) is 1. The molecule has 0 heterocycles. The predicted molar refractivity (Wildman–Crippen MR) is 67.6 cm³/mol. The Morgan fingerprint density at radius 2 is 1.94 bits per heavy atom. The zero-order chi connectivity index (χ0) is 13.8. The molecule has 0 aliphatic rings. The lowest BCUT2D eigenvalue weighted by Crippen LogP contribution is -2.08. The van der Waals surface area contributed by atoms with E-state index in [4.69, 9.17) is 0 Å². The molecule has 1 rings (SSSR count). The minimum absolute atomic E-state index is 0.0416. The number of alkyl halides is 3. The van der Waals surface area contributed by atoms with E-state index in [1.165, 1.54) is 12.1 Å². The van der Waals surface area contributed by atoms with Crippen molar-refractivity contribution in [3.8, 4) is 0 Å². The standard InChI is InChI=1S/C13H14BrF3O/c1-2-3-4-5-12(18)9-6-7-11(14)10(8-9)13(15,16)17/h6-8H,2-5H2,1H3. The van der Waals surface area contributed by atoms with E-state index in [2.05, 4.69) is 15.9 Å². The molecule has 5 heteroatoms. The van der Waals surface area contributed by atoms with Crippen LogP contribution in [0.25, 0.3) is 0 Å². The van der Waals surface area contributed by atoms with Crippen LogP contribution >= 0.6 is 15.9 Å². The Morgan fingerprint density at radius 1 is 1.28 bits per heavy atom. The fraction of sp³-hybridized carbons (Fsp3) is 0.462. The number of rotatable bonds is 5. The van der Waals surface area contributed by atoms with E-state index in [0.717, 1.165) is 18.9 Å². The smallest absolute Gasteiger partial charge is 0.294 e.